The fourth-order valence-corrected chi connectivity index (χ4v) is 4.87. The molecule has 1 aliphatic heterocycles. The topological polar surface area (TPSA) is 76.0 Å². The van der Waals surface area contributed by atoms with Gasteiger partial charge in [-0.2, -0.15) is 5.10 Å². The lowest BCUT2D eigenvalue weighted by Gasteiger charge is -2.37. The standard InChI is InChI=1S/C25H27N5O2/c1-16-17(2)22(32-3)9-8-18(16)25-24-20(19-6-4-5-7-21(19)28-24)10-13-30(25)23(31)11-12-29-15-26-14-27-29/h4-9,14-15,25,28H,10-13H2,1-3H3/t25-/m0/s1. The summed E-state index contributed by atoms with van der Waals surface area (Å²) < 4.78 is 7.24. The van der Waals surface area contributed by atoms with Crippen molar-refractivity contribution in [3.8, 4) is 5.75 Å². The molecule has 0 spiro atoms. The summed E-state index contributed by atoms with van der Waals surface area (Å²) in [4.78, 5) is 23.1. The molecule has 0 fully saturated rings. The van der Waals surface area contributed by atoms with Gasteiger partial charge in [0.15, 0.2) is 0 Å². The summed E-state index contributed by atoms with van der Waals surface area (Å²) in [5.41, 5.74) is 6.91. The Bertz CT molecular complexity index is 1280. The van der Waals surface area contributed by atoms with Crippen molar-refractivity contribution >= 4 is 16.8 Å². The smallest absolute Gasteiger partial charge is 0.225 e. The number of aromatic amines is 1. The normalized spacial score (nSPS) is 15.7. The molecule has 32 heavy (non-hydrogen) atoms. The van der Waals surface area contributed by atoms with Gasteiger partial charge in [0, 0.05) is 29.6 Å². The largest absolute Gasteiger partial charge is 0.496 e. The summed E-state index contributed by atoms with van der Waals surface area (Å²) in [6.45, 7) is 5.38. The molecular formula is C25H27N5O2. The number of hydrogen-bond acceptors (Lipinski definition) is 4. The zero-order valence-electron chi connectivity index (χ0n) is 18.6. The van der Waals surface area contributed by atoms with Crippen LogP contribution in [0.15, 0.2) is 49.1 Å². The van der Waals surface area contributed by atoms with Crippen molar-refractivity contribution in [2.24, 2.45) is 0 Å². The molecule has 1 N–H and O–H groups in total. The van der Waals surface area contributed by atoms with Gasteiger partial charge in [-0.3, -0.25) is 9.48 Å². The van der Waals surface area contributed by atoms with E-state index in [0.29, 0.717) is 19.5 Å². The van der Waals surface area contributed by atoms with Gasteiger partial charge in [-0.25, -0.2) is 4.98 Å². The van der Waals surface area contributed by atoms with E-state index in [2.05, 4.69) is 53.2 Å². The third-order valence-corrected chi connectivity index (χ3v) is 6.67. The van der Waals surface area contributed by atoms with E-state index in [0.717, 1.165) is 40.1 Å². The Hall–Kier alpha value is -3.61. The number of aromatic nitrogens is 4. The number of fused-ring (bicyclic) bond motifs is 3. The Morgan fingerprint density at radius 1 is 1.19 bits per heavy atom. The lowest BCUT2D eigenvalue weighted by atomic mass is 9.88. The van der Waals surface area contributed by atoms with Gasteiger partial charge in [-0.1, -0.05) is 24.3 Å². The molecule has 7 nitrogen and oxygen atoms in total. The highest BCUT2D eigenvalue weighted by Crippen LogP contribution is 2.41. The molecule has 0 saturated heterocycles. The summed E-state index contributed by atoms with van der Waals surface area (Å²) in [6.07, 6.45) is 4.35. The van der Waals surface area contributed by atoms with Crippen molar-refractivity contribution in [2.45, 2.75) is 39.3 Å². The Morgan fingerprint density at radius 2 is 2.03 bits per heavy atom. The molecule has 5 rings (SSSR count). The molecular weight excluding hydrogens is 402 g/mol. The number of H-pyrrole nitrogens is 1. The summed E-state index contributed by atoms with van der Waals surface area (Å²) in [5, 5.41) is 5.38. The second-order valence-corrected chi connectivity index (χ2v) is 8.32. The van der Waals surface area contributed by atoms with Crippen molar-refractivity contribution in [1.29, 1.82) is 0 Å². The van der Waals surface area contributed by atoms with Gasteiger partial charge in [0.1, 0.15) is 18.4 Å². The third kappa shape index (κ3) is 3.34. The number of carbonyl (C=O) groups is 1. The molecule has 0 bridgehead atoms. The Morgan fingerprint density at radius 3 is 2.81 bits per heavy atom. The first-order valence-corrected chi connectivity index (χ1v) is 10.9. The third-order valence-electron chi connectivity index (χ3n) is 6.67. The molecule has 164 valence electrons. The molecule has 2 aromatic carbocycles. The number of rotatable bonds is 5. The number of nitrogens with zero attached hydrogens (tertiary/aromatic N) is 4. The first-order chi connectivity index (χ1) is 15.6. The van der Waals surface area contributed by atoms with Gasteiger partial charge >= 0.3 is 0 Å². The van der Waals surface area contributed by atoms with E-state index in [1.54, 1.807) is 18.1 Å². The summed E-state index contributed by atoms with van der Waals surface area (Å²) in [6, 6.07) is 12.3. The van der Waals surface area contributed by atoms with Crippen molar-refractivity contribution in [2.75, 3.05) is 13.7 Å². The van der Waals surface area contributed by atoms with Gasteiger partial charge in [0.05, 0.1) is 19.7 Å². The van der Waals surface area contributed by atoms with Crippen LogP contribution >= 0.6 is 0 Å². The number of methoxy groups -OCH3 is 1. The summed E-state index contributed by atoms with van der Waals surface area (Å²) in [5.74, 6) is 0.977. The fraction of sp³-hybridized carbons (Fsp3) is 0.320. The number of para-hydroxylation sites is 1. The number of aryl methyl sites for hydroxylation is 1. The van der Waals surface area contributed by atoms with Crippen LogP contribution < -0.4 is 4.74 Å². The molecule has 7 heteroatoms. The summed E-state index contributed by atoms with van der Waals surface area (Å²) >= 11 is 0. The number of carbonyl (C=O) groups excluding carboxylic acids is 1. The van der Waals surface area contributed by atoms with Crippen LogP contribution in [0.25, 0.3) is 10.9 Å². The summed E-state index contributed by atoms with van der Waals surface area (Å²) in [7, 11) is 1.69. The van der Waals surface area contributed by atoms with Crippen molar-refractivity contribution in [3.05, 3.63) is 77.0 Å². The van der Waals surface area contributed by atoms with Crippen LogP contribution in [0, 0.1) is 13.8 Å². The van der Waals surface area contributed by atoms with Crippen LogP contribution in [0.2, 0.25) is 0 Å². The minimum Gasteiger partial charge on any atom is -0.496 e. The molecule has 0 radical (unpaired) electrons. The number of ether oxygens (including phenoxy) is 1. The monoisotopic (exact) mass is 429 g/mol. The Labute approximate surface area is 187 Å². The number of benzene rings is 2. The van der Waals surface area contributed by atoms with Crippen LogP contribution in [0.3, 0.4) is 0 Å². The van der Waals surface area contributed by atoms with Crippen LogP contribution in [0.1, 0.15) is 40.4 Å². The zero-order chi connectivity index (χ0) is 22.2. The molecule has 1 amide bonds. The van der Waals surface area contributed by atoms with E-state index in [1.165, 1.54) is 17.3 Å². The van der Waals surface area contributed by atoms with Crippen molar-refractivity contribution in [3.63, 3.8) is 0 Å². The van der Waals surface area contributed by atoms with Crippen LogP contribution in [-0.4, -0.2) is 44.2 Å². The molecule has 4 aromatic rings. The van der Waals surface area contributed by atoms with E-state index in [-0.39, 0.29) is 11.9 Å². The SMILES string of the molecule is COc1ccc([C@H]2c3[nH]c4ccccc4c3CCN2C(=O)CCn2cncn2)c(C)c1C. The van der Waals surface area contributed by atoms with Crippen LogP contribution in [-0.2, 0) is 17.8 Å². The minimum absolute atomic E-state index is 0.114. The van der Waals surface area contributed by atoms with E-state index in [1.807, 2.05) is 17.0 Å². The number of nitrogens with one attached hydrogen (secondary N) is 1. The maximum Gasteiger partial charge on any atom is 0.225 e. The van der Waals surface area contributed by atoms with Crippen LogP contribution in [0.5, 0.6) is 5.75 Å². The predicted octanol–water partition coefficient (Wildman–Crippen LogP) is 3.95. The van der Waals surface area contributed by atoms with Crippen molar-refractivity contribution in [1.82, 2.24) is 24.6 Å². The zero-order valence-corrected chi connectivity index (χ0v) is 18.6. The first kappa shape index (κ1) is 20.3. The predicted molar refractivity (Wildman–Crippen MR) is 123 cm³/mol. The minimum atomic E-state index is -0.168. The quantitative estimate of drug-likeness (QED) is 0.521. The fourth-order valence-electron chi connectivity index (χ4n) is 4.87. The van der Waals surface area contributed by atoms with Gasteiger partial charge < -0.3 is 14.6 Å². The maximum atomic E-state index is 13.4. The van der Waals surface area contributed by atoms with Gasteiger partial charge in [-0.05, 0) is 54.7 Å². The van der Waals surface area contributed by atoms with E-state index in [4.69, 9.17) is 4.74 Å². The maximum absolute atomic E-state index is 13.4. The Kier molecular flexibility index (Phi) is 5.17. The van der Waals surface area contributed by atoms with Crippen molar-refractivity contribution < 1.29 is 9.53 Å². The number of hydrogen-bond donors (Lipinski definition) is 1. The highest BCUT2D eigenvalue weighted by molar-refractivity contribution is 5.86. The molecule has 3 heterocycles. The lowest BCUT2D eigenvalue weighted by molar-refractivity contribution is -0.133. The molecule has 0 aliphatic carbocycles. The van der Waals surface area contributed by atoms with Gasteiger partial charge in [0.25, 0.3) is 0 Å². The molecule has 2 aromatic heterocycles. The average Bonchev–Trinajstić information content (AvgIpc) is 3.46. The van der Waals surface area contributed by atoms with E-state index >= 15 is 0 Å². The number of amides is 1. The lowest BCUT2D eigenvalue weighted by Crippen LogP contribution is -2.41. The second-order valence-electron chi connectivity index (χ2n) is 8.32. The molecule has 0 saturated carbocycles. The van der Waals surface area contributed by atoms with Gasteiger partial charge in [0.2, 0.25) is 5.91 Å². The van der Waals surface area contributed by atoms with Crippen LogP contribution in [0.4, 0.5) is 0 Å². The molecule has 1 atom stereocenters. The highest BCUT2D eigenvalue weighted by atomic mass is 16.5. The second kappa shape index (κ2) is 8.15. The van der Waals surface area contributed by atoms with E-state index in [9.17, 15) is 4.79 Å². The first-order valence-electron chi connectivity index (χ1n) is 10.9. The average molecular weight is 430 g/mol. The Balaban J connectivity index is 1.59. The molecule has 1 aliphatic rings. The molecule has 0 unspecified atom stereocenters. The highest BCUT2D eigenvalue weighted by Gasteiger charge is 2.35. The van der Waals surface area contributed by atoms with E-state index < -0.39 is 0 Å². The van der Waals surface area contributed by atoms with Gasteiger partial charge in [-0.15, -0.1) is 0 Å².